The third-order valence-corrected chi connectivity index (χ3v) is 2.59. The molecule has 0 aliphatic rings. The minimum Gasteiger partial charge on any atom is -0.368 e. The predicted molar refractivity (Wildman–Crippen MR) is 67.1 cm³/mol. The molecule has 0 spiro atoms. The van der Waals surface area contributed by atoms with Crippen LogP contribution in [0.5, 0.6) is 0 Å². The van der Waals surface area contributed by atoms with Crippen molar-refractivity contribution in [1.82, 2.24) is 0 Å². The van der Waals surface area contributed by atoms with Gasteiger partial charge >= 0.3 is 0 Å². The molecule has 0 fully saturated rings. The lowest BCUT2D eigenvalue weighted by Gasteiger charge is -2.31. The van der Waals surface area contributed by atoms with Crippen molar-refractivity contribution >= 4 is 20.8 Å². The number of rotatable bonds is 4. The molecule has 0 aromatic rings. The van der Waals surface area contributed by atoms with E-state index in [9.17, 15) is 0 Å². The van der Waals surface area contributed by atoms with Gasteiger partial charge in [0.2, 0.25) is 7.31 Å². The van der Waals surface area contributed by atoms with E-state index in [2.05, 4.69) is 46.4 Å². The number of hydrogen-bond acceptors (Lipinski definition) is 1. The SMILES string of the molecule is [B][B]N=C(CC(C)(C)C)C(C)(C)CC. The van der Waals surface area contributed by atoms with Crippen molar-refractivity contribution in [2.45, 2.75) is 54.4 Å². The molecule has 77 valence electrons. The second-order valence-electron chi connectivity index (χ2n) is 5.70. The summed E-state index contributed by atoms with van der Waals surface area (Å²) in [6.45, 7) is 13.3. The van der Waals surface area contributed by atoms with Gasteiger partial charge in [0.25, 0.3) is 0 Å². The minimum absolute atomic E-state index is 0.156. The van der Waals surface area contributed by atoms with Crippen LogP contribution in [0.25, 0.3) is 0 Å². The normalized spacial score (nSPS) is 14.3. The lowest BCUT2D eigenvalue weighted by Crippen LogP contribution is -2.28. The van der Waals surface area contributed by atoms with Crippen LogP contribution in [0.1, 0.15) is 54.4 Å². The molecule has 0 saturated carbocycles. The van der Waals surface area contributed by atoms with E-state index in [4.69, 9.17) is 7.74 Å². The summed E-state index contributed by atoms with van der Waals surface area (Å²) in [5, 5.41) is 0. The molecule has 14 heavy (non-hydrogen) atoms. The first kappa shape index (κ1) is 13.8. The standard InChI is InChI=1S/C11H22B2N/c1-7-11(5,6)9(14-13-12)8-10(2,3)4/h7-8H2,1-6H3. The van der Waals surface area contributed by atoms with Gasteiger partial charge in [-0.05, 0) is 18.3 Å². The van der Waals surface area contributed by atoms with Gasteiger partial charge in [0.1, 0.15) is 0 Å². The van der Waals surface area contributed by atoms with Gasteiger partial charge in [0, 0.05) is 18.9 Å². The zero-order valence-corrected chi connectivity index (χ0v) is 10.5. The highest BCUT2D eigenvalue weighted by Crippen LogP contribution is 2.30. The highest BCUT2D eigenvalue weighted by atomic mass is 14.6. The molecule has 0 rings (SSSR count). The first-order valence-corrected chi connectivity index (χ1v) is 5.33. The Bertz CT molecular complexity index is 202. The van der Waals surface area contributed by atoms with Crippen LogP contribution in [0.4, 0.5) is 0 Å². The van der Waals surface area contributed by atoms with Crippen LogP contribution in [0.2, 0.25) is 0 Å². The maximum absolute atomic E-state index is 5.39. The Morgan fingerprint density at radius 2 is 1.71 bits per heavy atom. The molecule has 0 atom stereocenters. The Morgan fingerprint density at radius 1 is 1.21 bits per heavy atom. The second kappa shape index (κ2) is 5.04. The van der Waals surface area contributed by atoms with Crippen molar-refractivity contribution in [3.05, 3.63) is 0 Å². The highest BCUT2D eigenvalue weighted by molar-refractivity contribution is 6.88. The molecule has 0 aromatic heterocycles. The van der Waals surface area contributed by atoms with Crippen LogP contribution in [-0.4, -0.2) is 20.8 Å². The fraction of sp³-hybridized carbons (Fsp3) is 0.909. The molecule has 0 heterocycles. The Kier molecular flexibility index (Phi) is 4.97. The van der Waals surface area contributed by atoms with Crippen LogP contribution in [0, 0.1) is 10.8 Å². The first-order valence-electron chi connectivity index (χ1n) is 5.33. The van der Waals surface area contributed by atoms with Crippen molar-refractivity contribution < 1.29 is 0 Å². The van der Waals surface area contributed by atoms with E-state index >= 15 is 0 Å². The Hall–Kier alpha value is -0.200. The lowest BCUT2D eigenvalue weighted by atomic mass is 9.66. The number of hydrogen-bond donors (Lipinski definition) is 0. The molecule has 1 nitrogen and oxygen atoms in total. The fourth-order valence-electron chi connectivity index (χ4n) is 1.26. The summed E-state index contributed by atoms with van der Waals surface area (Å²) in [5.74, 6) is 0. The van der Waals surface area contributed by atoms with E-state index in [0.717, 1.165) is 12.8 Å². The molecule has 0 unspecified atom stereocenters. The molecular weight excluding hydrogens is 168 g/mol. The second-order valence-corrected chi connectivity index (χ2v) is 5.70. The van der Waals surface area contributed by atoms with Crippen LogP contribution in [0.3, 0.4) is 0 Å². The average Bonchev–Trinajstić information content (AvgIpc) is 2.01. The number of nitrogens with zero attached hydrogens (tertiary/aromatic N) is 1. The zero-order valence-electron chi connectivity index (χ0n) is 10.5. The third-order valence-electron chi connectivity index (χ3n) is 2.59. The van der Waals surface area contributed by atoms with Gasteiger partial charge in [-0.25, -0.2) is 0 Å². The van der Waals surface area contributed by atoms with Gasteiger partial charge in [-0.2, -0.15) is 0 Å². The van der Waals surface area contributed by atoms with E-state index in [1.54, 1.807) is 0 Å². The van der Waals surface area contributed by atoms with E-state index in [0.29, 0.717) is 0 Å². The summed E-state index contributed by atoms with van der Waals surface area (Å²) < 4.78 is 0. The molecule has 0 bridgehead atoms. The molecule has 0 N–H and O–H groups in total. The highest BCUT2D eigenvalue weighted by Gasteiger charge is 2.26. The van der Waals surface area contributed by atoms with Crippen molar-refractivity contribution in [3.63, 3.8) is 0 Å². The van der Waals surface area contributed by atoms with E-state index in [-0.39, 0.29) is 10.8 Å². The quantitative estimate of drug-likeness (QED) is 0.477. The van der Waals surface area contributed by atoms with Crippen LogP contribution < -0.4 is 0 Å². The largest absolute Gasteiger partial charge is 0.368 e. The average molecular weight is 190 g/mol. The molecular formula is C11H22B2N. The molecule has 0 aromatic carbocycles. The van der Waals surface area contributed by atoms with Gasteiger partial charge < -0.3 is 4.90 Å². The maximum atomic E-state index is 5.39. The molecule has 3 heteroatoms. The zero-order chi connectivity index (χ0) is 11.4. The predicted octanol–water partition coefficient (Wildman–Crippen LogP) is 3.00. The minimum atomic E-state index is 0.156. The third kappa shape index (κ3) is 4.88. The monoisotopic (exact) mass is 190 g/mol. The lowest BCUT2D eigenvalue weighted by molar-refractivity contribution is 0.401. The molecule has 0 aliphatic heterocycles. The summed E-state index contributed by atoms with van der Waals surface area (Å²) in [5.41, 5.74) is 1.63. The Labute approximate surface area is 91.4 Å². The molecule has 0 aliphatic carbocycles. The van der Waals surface area contributed by atoms with Crippen LogP contribution in [0.15, 0.2) is 4.90 Å². The molecule has 3 radical (unpaired) electrons. The van der Waals surface area contributed by atoms with Gasteiger partial charge in [-0.15, -0.1) is 0 Å². The van der Waals surface area contributed by atoms with Gasteiger partial charge in [0.05, 0.1) is 0 Å². The molecule has 0 amide bonds. The van der Waals surface area contributed by atoms with Gasteiger partial charge in [0.15, 0.2) is 0 Å². The summed E-state index contributed by atoms with van der Waals surface area (Å²) >= 11 is 0. The molecule has 0 saturated heterocycles. The van der Waals surface area contributed by atoms with Crippen LogP contribution >= 0.6 is 0 Å². The first-order chi connectivity index (χ1) is 6.23. The summed E-state index contributed by atoms with van der Waals surface area (Å²) in [6, 6.07) is 0. The van der Waals surface area contributed by atoms with E-state index < -0.39 is 0 Å². The van der Waals surface area contributed by atoms with Gasteiger partial charge in [-0.3, -0.25) is 0 Å². The van der Waals surface area contributed by atoms with E-state index in [1.165, 1.54) is 13.0 Å². The van der Waals surface area contributed by atoms with Crippen molar-refractivity contribution in [2.24, 2.45) is 15.7 Å². The summed E-state index contributed by atoms with van der Waals surface area (Å²) in [6.07, 6.45) is 2.09. The Balaban J connectivity index is 4.71. The van der Waals surface area contributed by atoms with Crippen molar-refractivity contribution in [2.75, 3.05) is 0 Å². The summed E-state index contributed by atoms with van der Waals surface area (Å²) in [7, 11) is 6.80. The Morgan fingerprint density at radius 3 is 2.00 bits per heavy atom. The maximum Gasteiger partial charge on any atom is 0.214 e. The smallest absolute Gasteiger partial charge is 0.214 e. The van der Waals surface area contributed by atoms with E-state index in [1.807, 2.05) is 0 Å². The van der Waals surface area contributed by atoms with Crippen LogP contribution in [-0.2, 0) is 0 Å². The van der Waals surface area contributed by atoms with Crippen molar-refractivity contribution in [3.8, 4) is 0 Å². The topological polar surface area (TPSA) is 12.4 Å². The van der Waals surface area contributed by atoms with Crippen molar-refractivity contribution in [1.29, 1.82) is 0 Å². The fourth-order valence-corrected chi connectivity index (χ4v) is 1.26. The summed E-state index contributed by atoms with van der Waals surface area (Å²) in [4.78, 5) is 4.32. The van der Waals surface area contributed by atoms with Gasteiger partial charge in [-0.1, -0.05) is 41.5 Å².